The Labute approximate surface area is 174 Å². The summed E-state index contributed by atoms with van der Waals surface area (Å²) in [6.07, 6.45) is 6.96. The molecule has 1 fully saturated rings. The third-order valence-electron chi connectivity index (χ3n) is 7.45. The first-order valence-corrected chi connectivity index (χ1v) is 11.6. The Hall–Kier alpha value is -0.700. The number of nitrogens with one attached hydrogen (secondary N) is 1. The highest BCUT2D eigenvalue weighted by Crippen LogP contribution is 2.34. The van der Waals surface area contributed by atoms with Gasteiger partial charge in [0.15, 0.2) is 5.78 Å². The van der Waals surface area contributed by atoms with Crippen molar-refractivity contribution in [3.63, 3.8) is 0 Å². The topological polar surface area (TPSA) is 46.2 Å². The van der Waals surface area contributed by atoms with Crippen LogP contribution in [0.1, 0.15) is 107 Å². The van der Waals surface area contributed by atoms with E-state index in [2.05, 4.69) is 67.6 Å². The molecule has 3 nitrogen and oxygen atoms in total. The second kappa shape index (κ2) is 9.87. The van der Waals surface area contributed by atoms with E-state index in [1.165, 1.54) is 12.8 Å². The van der Waals surface area contributed by atoms with Crippen LogP contribution >= 0.6 is 0 Å². The SMILES string of the molecule is CCC(C)(C)C(=O)C(C)CC(C)(C)CNC(C)(CC)C(=O)C1CCC(C)CC1. The molecule has 1 rings (SSSR count). The first-order valence-electron chi connectivity index (χ1n) is 11.6. The number of hydrogen-bond acceptors (Lipinski definition) is 3. The normalized spacial score (nSPS) is 24.5. The van der Waals surface area contributed by atoms with E-state index in [-0.39, 0.29) is 22.7 Å². The smallest absolute Gasteiger partial charge is 0.155 e. The molecule has 0 aliphatic heterocycles. The lowest BCUT2D eigenvalue weighted by Gasteiger charge is -2.38. The Bertz CT molecular complexity index is 529. The molecule has 0 saturated heterocycles. The summed E-state index contributed by atoms with van der Waals surface area (Å²) >= 11 is 0. The van der Waals surface area contributed by atoms with E-state index in [9.17, 15) is 9.59 Å². The minimum absolute atomic E-state index is 0.0311. The molecule has 1 aliphatic rings. The van der Waals surface area contributed by atoms with E-state index < -0.39 is 5.54 Å². The second-order valence-electron chi connectivity index (χ2n) is 11.2. The maximum absolute atomic E-state index is 13.3. The van der Waals surface area contributed by atoms with Gasteiger partial charge in [-0.25, -0.2) is 0 Å². The summed E-state index contributed by atoms with van der Waals surface area (Å²) in [7, 11) is 0. The third-order valence-corrected chi connectivity index (χ3v) is 7.45. The molecule has 2 atom stereocenters. The van der Waals surface area contributed by atoms with Crippen LogP contribution in [0.5, 0.6) is 0 Å². The lowest BCUT2D eigenvalue weighted by atomic mass is 9.73. The van der Waals surface area contributed by atoms with Gasteiger partial charge in [-0.05, 0) is 50.4 Å². The summed E-state index contributed by atoms with van der Waals surface area (Å²) < 4.78 is 0. The summed E-state index contributed by atoms with van der Waals surface area (Å²) in [5.74, 6) is 1.76. The Kier molecular flexibility index (Phi) is 8.93. The molecule has 0 aromatic heterocycles. The van der Waals surface area contributed by atoms with Gasteiger partial charge in [-0.3, -0.25) is 9.59 Å². The summed E-state index contributed by atoms with van der Waals surface area (Å²) in [5.41, 5.74) is -0.746. The molecule has 0 aromatic rings. The van der Waals surface area contributed by atoms with Gasteiger partial charge in [0.05, 0.1) is 5.54 Å². The summed E-state index contributed by atoms with van der Waals surface area (Å²) in [4.78, 5) is 26.1. The minimum Gasteiger partial charge on any atom is -0.305 e. The van der Waals surface area contributed by atoms with Crippen LogP contribution in [0.25, 0.3) is 0 Å². The van der Waals surface area contributed by atoms with Crippen molar-refractivity contribution in [2.24, 2.45) is 28.6 Å². The van der Waals surface area contributed by atoms with Gasteiger partial charge in [0, 0.05) is 23.8 Å². The molecule has 2 unspecified atom stereocenters. The van der Waals surface area contributed by atoms with Crippen LogP contribution < -0.4 is 5.32 Å². The van der Waals surface area contributed by atoms with E-state index in [4.69, 9.17) is 0 Å². The van der Waals surface area contributed by atoms with E-state index in [1.807, 2.05) is 0 Å². The molecule has 1 aliphatic carbocycles. The molecule has 0 spiro atoms. The molecule has 0 aromatic carbocycles. The fraction of sp³-hybridized carbons (Fsp3) is 0.920. The van der Waals surface area contributed by atoms with Crippen LogP contribution in [0.2, 0.25) is 0 Å². The molecule has 0 heterocycles. The van der Waals surface area contributed by atoms with E-state index in [1.54, 1.807) is 0 Å². The van der Waals surface area contributed by atoms with Gasteiger partial charge in [-0.1, -0.05) is 68.2 Å². The fourth-order valence-corrected chi connectivity index (χ4v) is 4.63. The van der Waals surface area contributed by atoms with Gasteiger partial charge < -0.3 is 5.32 Å². The second-order valence-corrected chi connectivity index (χ2v) is 11.2. The molecule has 28 heavy (non-hydrogen) atoms. The highest BCUT2D eigenvalue weighted by atomic mass is 16.1. The zero-order chi connectivity index (χ0) is 21.8. The molecule has 3 heteroatoms. The van der Waals surface area contributed by atoms with Crippen molar-refractivity contribution in [3.05, 3.63) is 0 Å². The van der Waals surface area contributed by atoms with Crippen LogP contribution in [-0.2, 0) is 9.59 Å². The van der Waals surface area contributed by atoms with E-state index >= 15 is 0 Å². The standard InChI is InChI=1S/C25H47NO2/c1-10-24(7,8)21(27)19(4)16-23(5,6)17-26-25(9,11-2)22(28)20-14-12-18(3)13-15-20/h18-20,26H,10-17H2,1-9H3. The monoisotopic (exact) mass is 393 g/mol. The zero-order valence-electron chi connectivity index (χ0n) is 20.2. The maximum atomic E-state index is 13.3. The Morgan fingerprint density at radius 3 is 1.96 bits per heavy atom. The van der Waals surface area contributed by atoms with E-state index in [0.717, 1.165) is 44.6 Å². The van der Waals surface area contributed by atoms with Gasteiger partial charge in [0.1, 0.15) is 5.78 Å². The van der Waals surface area contributed by atoms with Crippen molar-refractivity contribution in [3.8, 4) is 0 Å². The summed E-state index contributed by atoms with van der Waals surface area (Å²) in [6.45, 7) is 19.9. The number of ketones is 2. The third kappa shape index (κ3) is 6.68. The predicted molar refractivity (Wildman–Crippen MR) is 119 cm³/mol. The first-order chi connectivity index (χ1) is 12.8. The Balaban J connectivity index is 2.71. The highest BCUT2D eigenvalue weighted by Gasteiger charge is 2.39. The average Bonchev–Trinajstić information content (AvgIpc) is 2.65. The van der Waals surface area contributed by atoms with Crippen LogP contribution in [0.4, 0.5) is 0 Å². The molecule has 0 radical (unpaired) electrons. The lowest BCUT2D eigenvalue weighted by molar-refractivity contribution is -0.132. The van der Waals surface area contributed by atoms with Crippen molar-refractivity contribution >= 4 is 11.6 Å². The van der Waals surface area contributed by atoms with Crippen molar-refractivity contribution in [2.45, 2.75) is 113 Å². The number of rotatable bonds is 11. The molecule has 0 bridgehead atoms. The van der Waals surface area contributed by atoms with Crippen molar-refractivity contribution < 1.29 is 9.59 Å². The lowest BCUT2D eigenvalue weighted by Crippen LogP contribution is -2.54. The van der Waals surface area contributed by atoms with Gasteiger partial charge >= 0.3 is 0 Å². The zero-order valence-corrected chi connectivity index (χ0v) is 20.2. The quantitative estimate of drug-likeness (QED) is 0.455. The van der Waals surface area contributed by atoms with Gasteiger partial charge in [-0.15, -0.1) is 0 Å². The largest absolute Gasteiger partial charge is 0.305 e. The van der Waals surface area contributed by atoms with Gasteiger partial charge in [0.25, 0.3) is 0 Å². The molecule has 1 N–H and O–H groups in total. The van der Waals surface area contributed by atoms with Gasteiger partial charge in [0.2, 0.25) is 0 Å². The van der Waals surface area contributed by atoms with Crippen molar-refractivity contribution in [2.75, 3.05) is 6.54 Å². The van der Waals surface area contributed by atoms with Crippen molar-refractivity contribution in [1.29, 1.82) is 0 Å². The van der Waals surface area contributed by atoms with Crippen LogP contribution in [-0.4, -0.2) is 23.7 Å². The van der Waals surface area contributed by atoms with Gasteiger partial charge in [-0.2, -0.15) is 0 Å². The van der Waals surface area contributed by atoms with Crippen LogP contribution in [0, 0.1) is 28.6 Å². The summed E-state index contributed by atoms with van der Waals surface area (Å²) in [5, 5.41) is 3.63. The molecule has 164 valence electrons. The van der Waals surface area contributed by atoms with Crippen LogP contribution in [0.15, 0.2) is 0 Å². The predicted octanol–water partition coefficient (Wildman–Crippen LogP) is 6.20. The Morgan fingerprint density at radius 1 is 0.964 bits per heavy atom. The highest BCUT2D eigenvalue weighted by molar-refractivity contribution is 5.90. The first kappa shape index (κ1) is 25.3. The summed E-state index contributed by atoms with van der Waals surface area (Å²) in [6, 6.07) is 0. The molecular weight excluding hydrogens is 346 g/mol. The molecular formula is C25H47NO2. The van der Waals surface area contributed by atoms with Crippen LogP contribution in [0.3, 0.4) is 0 Å². The molecule has 1 saturated carbocycles. The van der Waals surface area contributed by atoms with E-state index in [0.29, 0.717) is 11.6 Å². The number of carbonyl (C=O) groups is 2. The van der Waals surface area contributed by atoms with Crippen molar-refractivity contribution in [1.82, 2.24) is 5.32 Å². The molecule has 0 amide bonds. The minimum atomic E-state index is -0.460. The average molecular weight is 394 g/mol. The maximum Gasteiger partial charge on any atom is 0.155 e. The number of carbonyl (C=O) groups excluding carboxylic acids is 2. The number of hydrogen-bond donors (Lipinski definition) is 1. The fourth-order valence-electron chi connectivity index (χ4n) is 4.63. The number of Topliss-reactive ketones (excluding diaryl/α,β-unsaturated/α-hetero) is 2. The Morgan fingerprint density at radius 2 is 1.50 bits per heavy atom.